The van der Waals surface area contributed by atoms with Gasteiger partial charge in [-0.05, 0) is 79.7 Å². The lowest BCUT2D eigenvalue weighted by atomic mass is 9.80. The van der Waals surface area contributed by atoms with Crippen LogP contribution in [-0.4, -0.2) is 26.2 Å². The van der Waals surface area contributed by atoms with E-state index in [1.807, 2.05) is 0 Å². The fourth-order valence-corrected chi connectivity index (χ4v) is 8.43. The lowest BCUT2D eigenvalue weighted by molar-refractivity contribution is 0.431. The van der Waals surface area contributed by atoms with Crippen LogP contribution < -0.4 is 24.8 Å². The van der Waals surface area contributed by atoms with Crippen LogP contribution in [0.3, 0.4) is 0 Å². The monoisotopic (exact) mass is 517 g/mol. The summed E-state index contributed by atoms with van der Waals surface area (Å²) in [6, 6.07) is 5.09. The summed E-state index contributed by atoms with van der Waals surface area (Å²) in [6.45, 7) is 9.41. The van der Waals surface area contributed by atoms with Crippen molar-refractivity contribution in [3.05, 3.63) is 86.0 Å². The maximum absolute atomic E-state index is 7.25. The van der Waals surface area contributed by atoms with Gasteiger partial charge in [0.25, 0.3) is 0 Å². The molecule has 3 heteroatoms. The lowest BCUT2D eigenvalue weighted by Gasteiger charge is -2.39. The van der Waals surface area contributed by atoms with E-state index in [0.29, 0.717) is 5.92 Å². The molecule has 8 rings (SSSR count). The van der Waals surface area contributed by atoms with Crippen LogP contribution in [0.5, 0.6) is 11.5 Å². The van der Waals surface area contributed by atoms with Crippen LogP contribution in [0.1, 0.15) is 80.2 Å². The number of allylic oxidation sites excluding steroid dienone is 6. The average molecular weight is 518 g/mol. The number of aryl methyl sites for hydroxylation is 2. The number of hydrogen-bond acceptors (Lipinski definition) is 2. The van der Waals surface area contributed by atoms with Crippen molar-refractivity contribution < 1.29 is 4.74 Å². The zero-order chi connectivity index (χ0) is 26.1. The zero-order valence-electron chi connectivity index (χ0n) is 23.7. The number of hydrogen-bond donors (Lipinski definition) is 0. The molecule has 0 saturated carbocycles. The fraction of sp³-hybridized carbons (Fsp3) is 0.472. The molecule has 2 aromatic rings. The van der Waals surface area contributed by atoms with Crippen LogP contribution in [0.2, 0.25) is 0 Å². The Hall–Kier alpha value is -3.07. The van der Waals surface area contributed by atoms with E-state index in [1.54, 1.807) is 11.1 Å². The Labute approximate surface area is 232 Å². The average Bonchev–Trinajstić information content (AvgIpc) is 3.13. The van der Waals surface area contributed by atoms with Crippen molar-refractivity contribution in [2.45, 2.75) is 78.1 Å². The quantitative estimate of drug-likeness (QED) is 0.469. The van der Waals surface area contributed by atoms with Crippen molar-refractivity contribution in [3.8, 4) is 11.5 Å². The molecule has 0 saturated heterocycles. The number of ether oxygens (including phenoxy) is 1. The van der Waals surface area contributed by atoms with Crippen molar-refractivity contribution >= 4 is 11.3 Å². The second-order valence-corrected chi connectivity index (χ2v) is 12.6. The van der Waals surface area contributed by atoms with Crippen molar-refractivity contribution in [2.75, 3.05) is 31.1 Å². The second-order valence-electron chi connectivity index (χ2n) is 12.6. The number of fused-ring (bicyclic) bond motifs is 4. The molecule has 0 amide bonds. The van der Waals surface area contributed by atoms with Gasteiger partial charge in [0.15, 0.2) is 0 Å². The molecule has 5 aliphatic heterocycles. The summed E-state index contributed by atoms with van der Waals surface area (Å²) in [7, 11) is 0. The van der Waals surface area contributed by atoms with Gasteiger partial charge in [0, 0.05) is 59.1 Å². The highest BCUT2D eigenvalue weighted by atomic mass is 16.5. The molecule has 0 spiro atoms. The predicted octanol–water partition coefficient (Wildman–Crippen LogP) is 5.93. The van der Waals surface area contributed by atoms with Crippen molar-refractivity contribution in [1.29, 1.82) is 0 Å². The summed E-state index contributed by atoms with van der Waals surface area (Å²) in [5.41, 5.74) is 13.3. The minimum absolute atomic E-state index is 0.455. The number of benzene rings is 2. The highest BCUT2D eigenvalue weighted by Crippen LogP contribution is 2.49. The van der Waals surface area contributed by atoms with Gasteiger partial charge in [-0.2, -0.15) is 0 Å². The topological polar surface area (TPSA) is 15.5 Å². The molecule has 200 valence electrons. The Kier molecular flexibility index (Phi) is 5.64. The van der Waals surface area contributed by atoms with Crippen LogP contribution in [0, 0.1) is 5.92 Å². The minimum Gasteiger partial charge on any atom is -0.455 e. The molecule has 1 atom stereocenters. The largest absolute Gasteiger partial charge is 0.455 e. The highest BCUT2D eigenvalue weighted by molar-refractivity contribution is 5.92. The molecule has 0 bridgehead atoms. The van der Waals surface area contributed by atoms with Gasteiger partial charge in [-0.3, -0.25) is 0 Å². The Bertz CT molecular complexity index is 1610. The van der Waals surface area contributed by atoms with Gasteiger partial charge in [-0.25, -0.2) is 4.58 Å². The molecular weight excluding hydrogens is 476 g/mol. The molecule has 5 heterocycles. The van der Waals surface area contributed by atoms with E-state index in [2.05, 4.69) is 59.8 Å². The Balaban J connectivity index is 1.50. The van der Waals surface area contributed by atoms with Gasteiger partial charge in [-0.15, -0.1) is 0 Å². The van der Waals surface area contributed by atoms with Crippen LogP contribution in [-0.2, 0) is 25.7 Å². The molecule has 39 heavy (non-hydrogen) atoms. The molecule has 0 fully saturated rings. The summed E-state index contributed by atoms with van der Waals surface area (Å²) < 4.78 is 9.91. The van der Waals surface area contributed by atoms with Gasteiger partial charge in [-0.1, -0.05) is 44.6 Å². The summed E-state index contributed by atoms with van der Waals surface area (Å²) >= 11 is 0. The van der Waals surface area contributed by atoms with E-state index < -0.39 is 0 Å². The first-order chi connectivity index (χ1) is 19.2. The van der Waals surface area contributed by atoms with Gasteiger partial charge >= 0.3 is 0 Å². The van der Waals surface area contributed by atoms with Crippen LogP contribution in [0.15, 0.2) is 47.6 Å². The van der Waals surface area contributed by atoms with Gasteiger partial charge in [0.05, 0.1) is 5.56 Å². The predicted molar refractivity (Wildman–Crippen MR) is 161 cm³/mol. The van der Waals surface area contributed by atoms with E-state index >= 15 is 0 Å². The van der Waals surface area contributed by atoms with E-state index in [4.69, 9.17) is 4.74 Å². The fourth-order valence-electron chi connectivity index (χ4n) is 8.43. The number of rotatable bonds is 3. The van der Waals surface area contributed by atoms with Crippen molar-refractivity contribution in [3.63, 3.8) is 0 Å². The first-order valence-electron chi connectivity index (χ1n) is 15.7. The molecule has 2 aromatic carbocycles. The summed E-state index contributed by atoms with van der Waals surface area (Å²) in [5.74, 6) is 2.80. The lowest BCUT2D eigenvalue weighted by Crippen LogP contribution is -2.45. The number of anilines is 1. The van der Waals surface area contributed by atoms with E-state index in [0.717, 1.165) is 25.7 Å². The normalized spacial score (nSPS) is 22.6. The van der Waals surface area contributed by atoms with Crippen LogP contribution in [0.25, 0.3) is 5.57 Å². The first-order valence-corrected chi connectivity index (χ1v) is 15.7. The smallest absolute Gasteiger partial charge is 0.210 e. The third-order valence-electron chi connectivity index (χ3n) is 9.96. The molecular formula is C36H41N2O+. The van der Waals surface area contributed by atoms with Gasteiger partial charge in [0.2, 0.25) is 5.36 Å². The zero-order valence-corrected chi connectivity index (χ0v) is 23.7. The summed E-state index contributed by atoms with van der Waals surface area (Å²) in [4.78, 5) is 2.66. The molecule has 1 unspecified atom stereocenters. The second kappa shape index (κ2) is 9.25. The van der Waals surface area contributed by atoms with E-state index in [-0.39, 0.29) is 0 Å². The summed E-state index contributed by atoms with van der Waals surface area (Å²) in [6.07, 6.45) is 21.5. The third-order valence-corrected chi connectivity index (χ3v) is 9.96. The first kappa shape index (κ1) is 23.8. The van der Waals surface area contributed by atoms with Gasteiger partial charge < -0.3 is 9.64 Å². The molecule has 3 nitrogen and oxygen atoms in total. The minimum atomic E-state index is 0.455. The molecule has 0 N–H and O–H groups in total. The maximum Gasteiger partial charge on any atom is 0.210 e. The van der Waals surface area contributed by atoms with E-state index in [1.165, 1.54) is 126 Å². The highest BCUT2D eigenvalue weighted by Gasteiger charge is 2.36. The van der Waals surface area contributed by atoms with Crippen molar-refractivity contribution in [2.24, 2.45) is 5.92 Å². The standard InChI is InChI=1S/C36H41N2O/c1-3-9-24-20-23(2)10-4-13-27(24)32-30-21-25-11-5-16-37-18-7-14-28(33(25)37)35(30)39-36-29-15-8-19-38-17-6-12-26(34(29)38)22-31(32)36/h4,10,13,20-23H,3,5-9,11-12,14-19H2,1-2H3/q+1. The Morgan fingerprint density at radius 3 is 2.59 bits per heavy atom. The molecule has 6 aliphatic rings. The molecule has 1 aliphatic carbocycles. The Morgan fingerprint density at radius 1 is 0.923 bits per heavy atom. The van der Waals surface area contributed by atoms with Crippen LogP contribution in [0.4, 0.5) is 5.69 Å². The SMILES string of the molecule is CCCC1=CC(C)C=CC=C1C1=c2cc3c4c(c2Oc2c1cc1c5c2CCCN5CCC1)CCC[N+]=4CCC3. The summed E-state index contributed by atoms with van der Waals surface area (Å²) in [5, 5.41) is 2.86. The van der Waals surface area contributed by atoms with E-state index in [9.17, 15) is 0 Å². The molecule has 0 radical (unpaired) electrons. The van der Waals surface area contributed by atoms with Crippen molar-refractivity contribution in [1.82, 2.24) is 4.58 Å². The molecule has 0 aromatic heterocycles. The number of nitrogens with zero attached hydrogens (tertiary/aromatic N) is 2. The van der Waals surface area contributed by atoms with Crippen LogP contribution >= 0.6 is 0 Å². The third kappa shape index (κ3) is 3.65. The maximum atomic E-state index is 7.25. The van der Waals surface area contributed by atoms with Gasteiger partial charge in [0.1, 0.15) is 24.6 Å². The Morgan fingerprint density at radius 2 is 1.72 bits per heavy atom.